The van der Waals surface area contributed by atoms with Gasteiger partial charge in [-0.1, -0.05) is 19.9 Å². The van der Waals surface area contributed by atoms with Crippen molar-refractivity contribution in [3.63, 3.8) is 0 Å². The molecule has 0 atom stereocenters. The van der Waals surface area contributed by atoms with Crippen molar-refractivity contribution in [1.82, 2.24) is 4.72 Å². The molecule has 2 N–H and O–H groups in total. The van der Waals surface area contributed by atoms with E-state index in [2.05, 4.69) is 4.72 Å². The normalized spacial score (nSPS) is 12.6. The van der Waals surface area contributed by atoms with E-state index in [1.54, 1.807) is 11.3 Å². The number of hydrogen-bond donors (Lipinski definition) is 2. The van der Waals surface area contributed by atoms with Crippen LogP contribution in [-0.2, 0) is 20.2 Å². The van der Waals surface area contributed by atoms with Gasteiger partial charge in [0, 0.05) is 16.8 Å². The molecule has 1 aromatic rings. The highest BCUT2D eigenvalue weighted by atomic mass is 32.2. The van der Waals surface area contributed by atoms with Gasteiger partial charge in [0.2, 0.25) is 10.0 Å². The SMILES string of the molecule is CC(C)(CNS(=O)(=O)CCC(=O)O)c1cccs1. The molecule has 102 valence electrons. The summed E-state index contributed by atoms with van der Waals surface area (Å²) in [7, 11) is -3.53. The summed E-state index contributed by atoms with van der Waals surface area (Å²) in [5.41, 5.74) is -0.301. The Labute approximate surface area is 111 Å². The van der Waals surface area contributed by atoms with Crippen LogP contribution in [0.5, 0.6) is 0 Å². The zero-order valence-corrected chi connectivity index (χ0v) is 12.0. The Morgan fingerprint density at radius 3 is 2.67 bits per heavy atom. The summed E-state index contributed by atoms with van der Waals surface area (Å²) in [6.07, 6.45) is -0.380. The van der Waals surface area contributed by atoms with Crippen LogP contribution >= 0.6 is 11.3 Å². The Kier molecular flexibility index (Phi) is 4.89. The molecular formula is C11H17NO4S2. The van der Waals surface area contributed by atoms with Gasteiger partial charge in [0.25, 0.3) is 0 Å². The highest BCUT2D eigenvalue weighted by Crippen LogP contribution is 2.26. The molecule has 1 rings (SSSR count). The Morgan fingerprint density at radius 2 is 2.17 bits per heavy atom. The van der Waals surface area contributed by atoms with E-state index in [4.69, 9.17) is 5.11 Å². The molecule has 0 aromatic carbocycles. The summed E-state index contributed by atoms with van der Waals surface area (Å²) in [5, 5.41) is 10.4. The largest absolute Gasteiger partial charge is 0.481 e. The maximum Gasteiger partial charge on any atom is 0.304 e. The fourth-order valence-electron chi connectivity index (χ4n) is 1.33. The minimum atomic E-state index is -3.53. The van der Waals surface area contributed by atoms with Crippen LogP contribution in [0.25, 0.3) is 0 Å². The van der Waals surface area contributed by atoms with Gasteiger partial charge in [0.05, 0.1) is 12.2 Å². The Hall–Kier alpha value is -0.920. The van der Waals surface area contributed by atoms with Crippen LogP contribution in [0.2, 0.25) is 0 Å². The van der Waals surface area contributed by atoms with Crippen LogP contribution < -0.4 is 4.72 Å². The van der Waals surface area contributed by atoms with Gasteiger partial charge in [-0.3, -0.25) is 4.79 Å². The summed E-state index contributed by atoms with van der Waals surface area (Å²) in [4.78, 5) is 11.4. The van der Waals surface area contributed by atoms with Gasteiger partial charge in [0.15, 0.2) is 0 Å². The number of carbonyl (C=O) groups is 1. The lowest BCUT2D eigenvalue weighted by atomic mass is 9.92. The minimum Gasteiger partial charge on any atom is -0.481 e. The van der Waals surface area contributed by atoms with Crippen molar-refractivity contribution >= 4 is 27.3 Å². The zero-order valence-electron chi connectivity index (χ0n) is 10.3. The summed E-state index contributed by atoms with van der Waals surface area (Å²) in [6, 6.07) is 3.87. The van der Waals surface area contributed by atoms with Crippen LogP contribution in [0, 0.1) is 0 Å². The van der Waals surface area contributed by atoms with Crippen molar-refractivity contribution in [2.24, 2.45) is 0 Å². The zero-order chi connectivity index (χ0) is 13.8. The number of nitrogens with one attached hydrogen (secondary N) is 1. The van der Waals surface area contributed by atoms with Crippen molar-refractivity contribution in [3.05, 3.63) is 22.4 Å². The molecule has 1 heterocycles. The van der Waals surface area contributed by atoms with E-state index in [1.807, 2.05) is 31.4 Å². The lowest BCUT2D eigenvalue weighted by Gasteiger charge is -2.23. The molecule has 0 saturated carbocycles. The van der Waals surface area contributed by atoms with Gasteiger partial charge in [-0.25, -0.2) is 13.1 Å². The first-order valence-corrected chi connectivity index (χ1v) is 7.99. The molecule has 0 amide bonds. The van der Waals surface area contributed by atoms with E-state index in [1.165, 1.54) is 0 Å². The molecule has 0 aliphatic carbocycles. The monoisotopic (exact) mass is 291 g/mol. The molecule has 0 aliphatic rings. The summed E-state index contributed by atoms with van der Waals surface area (Å²) < 4.78 is 25.6. The van der Waals surface area contributed by atoms with E-state index < -0.39 is 16.0 Å². The molecular weight excluding hydrogens is 274 g/mol. The molecule has 18 heavy (non-hydrogen) atoms. The Balaban J connectivity index is 2.57. The highest BCUT2D eigenvalue weighted by molar-refractivity contribution is 7.89. The lowest BCUT2D eigenvalue weighted by molar-refractivity contribution is -0.136. The van der Waals surface area contributed by atoms with Gasteiger partial charge < -0.3 is 5.11 Å². The summed E-state index contributed by atoms with van der Waals surface area (Å²) >= 11 is 1.57. The lowest BCUT2D eigenvalue weighted by Crippen LogP contribution is -2.37. The summed E-state index contributed by atoms with van der Waals surface area (Å²) in [6.45, 7) is 4.15. The highest BCUT2D eigenvalue weighted by Gasteiger charge is 2.24. The first-order chi connectivity index (χ1) is 8.23. The Morgan fingerprint density at radius 1 is 1.50 bits per heavy atom. The van der Waals surface area contributed by atoms with Crippen molar-refractivity contribution in [2.45, 2.75) is 25.7 Å². The molecule has 0 aliphatic heterocycles. The number of aliphatic carboxylic acids is 1. The van der Waals surface area contributed by atoms with Crippen LogP contribution in [0.1, 0.15) is 25.1 Å². The standard InChI is InChI=1S/C11H17NO4S2/c1-11(2,9-4-3-6-17-9)8-12-18(15,16)7-5-10(13)14/h3-4,6,12H,5,7-8H2,1-2H3,(H,13,14). The van der Waals surface area contributed by atoms with Gasteiger partial charge in [-0.2, -0.15) is 0 Å². The van der Waals surface area contributed by atoms with Crippen LogP contribution in [0.15, 0.2) is 17.5 Å². The van der Waals surface area contributed by atoms with E-state index in [0.29, 0.717) is 0 Å². The number of carboxylic acid groups (broad SMARTS) is 1. The third-order valence-corrected chi connectivity index (χ3v) is 5.07. The maximum absolute atomic E-state index is 11.6. The number of hydrogen-bond acceptors (Lipinski definition) is 4. The van der Waals surface area contributed by atoms with E-state index in [-0.39, 0.29) is 24.1 Å². The van der Waals surface area contributed by atoms with E-state index >= 15 is 0 Å². The van der Waals surface area contributed by atoms with Gasteiger partial charge >= 0.3 is 5.97 Å². The third kappa shape index (κ3) is 4.75. The molecule has 0 fully saturated rings. The molecule has 0 saturated heterocycles. The smallest absolute Gasteiger partial charge is 0.304 e. The van der Waals surface area contributed by atoms with Crippen molar-refractivity contribution in [3.8, 4) is 0 Å². The van der Waals surface area contributed by atoms with Crippen LogP contribution in [-0.4, -0.2) is 31.8 Å². The average molecular weight is 291 g/mol. The second-order valence-corrected chi connectivity index (χ2v) is 7.52. The molecule has 7 heteroatoms. The number of carboxylic acids is 1. The maximum atomic E-state index is 11.6. The summed E-state index contributed by atoms with van der Waals surface area (Å²) in [5.74, 6) is -1.50. The first kappa shape index (κ1) is 15.1. The molecule has 0 radical (unpaired) electrons. The topological polar surface area (TPSA) is 83.5 Å². The van der Waals surface area contributed by atoms with Gasteiger partial charge in [-0.15, -0.1) is 11.3 Å². The Bertz CT molecular complexity index is 491. The molecule has 0 bridgehead atoms. The number of sulfonamides is 1. The minimum absolute atomic E-state index is 0.259. The number of rotatable bonds is 7. The van der Waals surface area contributed by atoms with Crippen molar-refractivity contribution in [2.75, 3.05) is 12.3 Å². The number of thiophene rings is 1. The predicted molar refractivity (Wildman–Crippen MR) is 71.4 cm³/mol. The second kappa shape index (κ2) is 5.81. The van der Waals surface area contributed by atoms with Gasteiger partial charge in [0.1, 0.15) is 0 Å². The van der Waals surface area contributed by atoms with E-state index in [9.17, 15) is 13.2 Å². The van der Waals surface area contributed by atoms with Crippen LogP contribution in [0.3, 0.4) is 0 Å². The van der Waals surface area contributed by atoms with Crippen molar-refractivity contribution < 1.29 is 18.3 Å². The average Bonchev–Trinajstić information content (AvgIpc) is 2.78. The molecule has 0 unspecified atom stereocenters. The van der Waals surface area contributed by atoms with Crippen molar-refractivity contribution in [1.29, 1.82) is 0 Å². The predicted octanol–water partition coefficient (Wildman–Crippen LogP) is 1.42. The third-order valence-electron chi connectivity index (χ3n) is 2.51. The fraction of sp³-hybridized carbons (Fsp3) is 0.545. The fourth-order valence-corrected chi connectivity index (χ4v) is 3.36. The molecule has 0 spiro atoms. The molecule has 1 aromatic heterocycles. The molecule has 5 nitrogen and oxygen atoms in total. The second-order valence-electron chi connectivity index (χ2n) is 4.64. The van der Waals surface area contributed by atoms with Gasteiger partial charge in [-0.05, 0) is 11.4 Å². The first-order valence-electron chi connectivity index (χ1n) is 5.46. The van der Waals surface area contributed by atoms with Crippen LogP contribution in [0.4, 0.5) is 0 Å². The van der Waals surface area contributed by atoms with E-state index in [0.717, 1.165) is 4.88 Å². The quantitative estimate of drug-likeness (QED) is 0.796.